The van der Waals surface area contributed by atoms with Gasteiger partial charge in [-0.1, -0.05) is 13.8 Å². The van der Waals surface area contributed by atoms with E-state index in [2.05, 4.69) is 24.5 Å². The summed E-state index contributed by atoms with van der Waals surface area (Å²) in [6.07, 6.45) is 3.83. The molecule has 0 bridgehead atoms. The van der Waals surface area contributed by atoms with Gasteiger partial charge in [0.15, 0.2) is 0 Å². The van der Waals surface area contributed by atoms with Crippen LogP contribution in [0.5, 0.6) is 0 Å². The third-order valence-electron chi connectivity index (χ3n) is 3.50. The van der Waals surface area contributed by atoms with E-state index in [0.29, 0.717) is 12.0 Å². The van der Waals surface area contributed by atoms with Crippen molar-refractivity contribution in [2.75, 3.05) is 19.8 Å². The maximum Gasteiger partial charge on any atom is 0.407 e. The van der Waals surface area contributed by atoms with Crippen LogP contribution in [0.15, 0.2) is 0 Å². The highest BCUT2D eigenvalue weighted by atomic mass is 16.6. The van der Waals surface area contributed by atoms with Crippen LogP contribution in [-0.4, -0.2) is 43.5 Å². The van der Waals surface area contributed by atoms with Gasteiger partial charge < -0.3 is 20.1 Å². The minimum atomic E-state index is -0.434. The standard InChI is InChI=1S/C17H34N2O3/c1-13(2)12-21-10-6-9-18-14-7-8-15(11-14)19-16(20)22-17(3,4)5/h13-15,18H,6-12H2,1-5H3,(H,19,20). The third kappa shape index (κ3) is 9.26. The lowest BCUT2D eigenvalue weighted by Crippen LogP contribution is -2.39. The summed E-state index contributed by atoms with van der Waals surface area (Å²) in [5.74, 6) is 0.600. The molecule has 1 amide bonds. The predicted octanol–water partition coefficient (Wildman–Crippen LogP) is 3.08. The van der Waals surface area contributed by atoms with Crippen molar-refractivity contribution in [3.63, 3.8) is 0 Å². The second-order valence-electron chi connectivity index (χ2n) is 7.63. The molecule has 1 saturated carbocycles. The van der Waals surface area contributed by atoms with E-state index in [-0.39, 0.29) is 12.1 Å². The van der Waals surface area contributed by atoms with E-state index in [1.165, 1.54) is 0 Å². The fraction of sp³-hybridized carbons (Fsp3) is 0.941. The maximum absolute atomic E-state index is 11.7. The van der Waals surface area contributed by atoms with Gasteiger partial charge in [0.25, 0.3) is 0 Å². The Kier molecular flexibility index (Phi) is 8.18. The van der Waals surface area contributed by atoms with Crippen molar-refractivity contribution < 1.29 is 14.3 Å². The van der Waals surface area contributed by atoms with Gasteiger partial charge in [0.1, 0.15) is 5.60 Å². The average molecular weight is 314 g/mol. The van der Waals surface area contributed by atoms with Crippen LogP contribution in [0, 0.1) is 5.92 Å². The molecule has 1 aliphatic rings. The molecule has 22 heavy (non-hydrogen) atoms. The molecule has 0 heterocycles. The minimum absolute atomic E-state index is 0.226. The van der Waals surface area contributed by atoms with E-state index < -0.39 is 5.60 Å². The van der Waals surface area contributed by atoms with Crippen molar-refractivity contribution in [3.05, 3.63) is 0 Å². The van der Waals surface area contributed by atoms with Crippen LogP contribution in [0.1, 0.15) is 60.3 Å². The minimum Gasteiger partial charge on any atom is -0.444 e. The summed E-state index contributed by atoms with van der Waals surface area (Å²) in [5.41, 5.74) is -0.434. The Morgan fingerprint density at radius 1 is 1.23 bits per heavy atom. The van der Waals surface area contributed by atoms with E-state index in [0.717, 1.165) is 45.4 Å². The topological polar surface area (TPSA) is 59.6 Å². The predicted molar refractivity (Wildman–Crippen MR) is 89.1 cm³/mol. The molecule has 1 aliphatic carbocycles. The van der Waals surface area contributed by atoms with Crippen LogP contribution in [0.2, 0.25) is 0 Å². The molecule has 130 valence electrons. The van der Waals surface area contributed by atoms with E-state index in [1.807, 2.05) is 20.8 Å². The Balaban J connectivity index is 2.07. The molecule has 5 heteroatoms. The lowest BCUT2D eigenvalue weighted by Gasteiger charge is -2.21. The molecule has 0 spiro atoms. The highest BCUT2D eigenvalue weighted by molar-refractivity contribution is 5.68. The van der Waals surface area contributed by atoms with Gasteiger partial charge in [0, 0.05) is 25.3 Å². The zero-order valence-corrected chi connectivity index (χ0v) is 14.9. The molecular formula is C17H34N2O3. The molecule has 0 radical (unpaired) electrons. The van der Waals surface area contributed by atoms with Crippen molar-refractivity contribution in [2.24, 2.45) is 5.92 Å². The summed E-state index contributed by atoms with van der Waals surface area (Å²) < 4.78 is 10.9. The first-order valence-electron chi connectivity index (χ1n) is 8.57. The van der Waals surface area contributed by atoms with Crippen molar-refractivity contribution in [3.8, 4) is 0 Å². The SMILES string of the molecule is CC(C)COCCCNC1CCC(NC(=O)OC(C)(C)C)C1. The number of carbonyl (C=O) groups is 1. The number of rotatable bonds is 8. The normalized spacial score (nSPS) is 22.1. The number of carbonyl (C=O) groups excluding carboxylic acids is 1. The first-order chi connectivity index (χ1) is 10.3. The largest absolute Gasteiger partial charge is 0.444 e. The Bertz CT molecular complexity index is 326. The van der Waals surface area contributed by atoms with Gasteiger partial charge in [-0.2, -0.15) is 0 Å². The molecule has 2 atom stereocenters. The summed E-state index contributed by atoms with van der Waals surface area (Å²) >= 11 is 0. The van der Waals surface area contributed by atoms with Crippen LogP contribution in [0.25, 0.3) is 0 Å². The zero-order valence-electron chi connectivity index (χ0n) is 14.9. The number of alkyl carbamates (subject to hydrolysis) is 1. The highest BCUT2D eigenvalue weighted by Gasteiger charge is 2.27. The quantitative estimate of drug-likeness (QED) is 0.676. The smallest absolute Gasteiger partial charge is 0.407 e. The number of hydrogen-bond acceptors (Lipinski definition) is 4. The van der Waals surface area contributed by atoms with Gasteiger partial charge in [0.2, 0.25) is 0 Å². The molecule has 0 aliphatic heterocycles. The Morgan fingerprint density at radius 2 is 1.91 bits per heavy atom. The molecule has 0 aromatic heterocycles. The lowest BCUT2D eigenvalue weighted by atomic mass is 10.2. The van der Waals surface area contributed by atoms with Gasteiger partial charge in [-0.15, -0.1) is 0 Å². The third-order valence-corrected chi connectivity index (χ3v) is 3.50. The monoisotopic (exact) mass is 314 g/mol. The number of nitrogens with one attached hydrogen (secondary N) is 2. The molecule has 2 N–H and O–H groups in total. The molecule has 0 aromatic carbocycles. The molecular weight excluding hydrogens is 280 g/mol. The number of amides is 1. The molecule has 0 saturated heterocycles. The molecule has 0 aromatic rings. The number of ether oxygens (including phenoxy) is 2. The second-order valence-corrected chi connectivity index (χ2v) is 7.63. The molecule has 5 nitrogen and oxygen atoms in total. The van der Waals surface area contributed by atoms with E-state index in [9.17, 15) is 4.79 Å². The van der Waals surface area contributed by atoms with Crippen LogP contribution in [-0.2, 0) is 9.47 Å². The molecule has 2 unspecified atom stereocenters. The van der Waals surface area contributed by atoms with Gasteiger partial charge in [-0.05, 0) is 58.9 Å². The molecule has 1 fully saturated rings. The summed E-state index contributed by atoms with van der Waals surface area (Å²) in [6, 6.07) is 0.717. The fourth-order valence-electron chi connectivity index (χ4n) is 2.57. The Morgan fingerprint density at radius 3 is 2.55 bits per heavy atom. The molecule has 1 rings (SSSR count). The van der Waals surface area contributed by atoms with Crippen LogP contribution in [0.3, 0.4) is 0 Å². The summed E-state index contributed by atoms with van der Waals surface area (Å²) in [6.45, 7) is 12.6. The average Bonchev–Trinajstić information content (AvgIpc) is 2.78. The number of hydrogen-bond donors (Lipinski definition) is 2. The lowest BCUT2D eigenvalue weighted by molar-refractivity contribution is 0.0505. The van der Waals surface area contributed by atoms with Crippen LogP contribution < -0.4 is 10.6 Å². The fourth-order valence-corrected chi connectivity index (χ4v) is 2.57. The Labute approximate surface area is 135 Å². The maximum atomic E-state index is 11.7. The van der Waals surface area contributed by atoms with Crippen LogP contribution >= 0.6 is 0 Å². The van der Waals surface area contributed by atoms with Gasteiger partial charge >= 0.3 is 6.09 Å². The van der Waals surface area contributed by atoms with Crippen molar-refractivity contribution in [1.29, 1.82) is 0 Å². The summed E-state index contributed by atoms with van der Waals surface area (Å²) in [7, 11) is 0. The van der Waals surface area contributed by atoms with E-state index >= 15 is 0 Å². The Hall–Kier alpha value is -0.810. The van der Waals surface area contributed by atoms with E-state index in [4.69, 9.17) is 9.47 Å². The van der Waals surface area contributed by atoms with Crippen molar-refractivity contribution in [2.45, 2.75) is 78.0 Å². The second kappa shape index (κ2) is 9.36. The van der Waals surface area contributed by atoms with Gasteiger partial charge in [-0.25, -0.2) is 4.79 Å². The van der Waals surface area contributed by atoms with Crippen molar-refractivity contribution in [1.82, 2.24) is 10.6 Å². The van der Waals surface area contributed by atoms with E-state index in [1.54, 1.807) is 0 Å². The summed E-state index contributed by atoms with van der Waals surface area (Å²) in [5, 5.41) is 6.51. The highest BCUT2D eigenvalue weighted by Crippen LogP contribution is 2.19. The van der Waals surface area contributed by atoms with Crippen LogP contribution in [0.4, 0.5) is 4.79 Å². The van der Waals surface area contributed by atoms with Gasteiger partial charge in [0.05, 0.1) is 0 Å². The summed E-state index contributed by atoms with van der Waals surface area (Å²) in [4.78, 5) is 11.7. The first-order valence-corrected chi connectivity index (χ1v) is 8.57. The first kappa shape index (κ1) is 19.2. The van der Waals surface area contributed by atoms with Crippen molar-refractivity contribution >= 4 is 6.09 Å². The zero-order chi connectivity index (χ0) is 16.6. The van der Waals surface area contributed by atoms with Gasteiger partial charge in [-0.3, -0.25) is 0 Å².